The third kappa shape index (κ3) is 2.20. The van der Waals surface area contributed by atoms with Crippen LogP contribution in [0.2, 0.25) is 0 Å². The third-order valence-electron chi connectivity index (χ3n) is 1.68. The molecule has 2 aromatic rings. The average molecular weight is 256 g/mol. The van der Waals surface area contributed by atoms with Gasteiger partial charge in [-0.25, -0.2) is 19.2 Å². The molecule has 4 nitrogen and oxygen atoms in total. The van der Waals surface area contributed by atoms with E-state index in [2.05, 4.69) is 9.97 Å². The number of carbonyl (C=O) groups is 1. The number of pyridine rings is 1. The maximum absolute atomic E-state index is 13.6. The average Bonchev–Trinajstić information content (AvgIpc) is 2.73. The summed E-state index contributed by atoms with van der Waals surface area (Å²) in [7, 11) is 0. The highest BCUT2D eigenvalue weighted by molar-refractivity contribution is 8.01. The van der Waals surface area contributed by atoms with Gasteiger partial charge < -0.3 is 5.11 Å². The van der Waals surface area contributed by atoms with Crippen molar-refractivity contribution in [3.8, 4) is 0 Å². The number of hydrogen-bond donors (Lipinski definition) is 1. The van der Waals surface area contributed by atoms with Crippen LogP contribution in [0.15, 0.2) is 33.2 Å². The van der Waals surface area contributed by atoms with Crippen LogP contribution >= 0.6 is 23.1 Å². The molecule has 7 heteroatoms. The second-order valence-corrected chi connectivity index (χ2v) is 4.81. The maximum atomic E-state index is 13.6. The zero-order valence-electron chi connectivity index (χ0n) is 7.75. The van der Waals surface area contributed by atoms with E-state index < -0.39 is 11.8 Å². The first kappa shape index (κ1) is 11.0. The molecule has 0 saturated heterocycles. The molecule has 0 radical (unpaired) electrons. The molecule has 2 heterocycles. The van der Waals surface area contributed by atoms with Gasteiger partial charge in [0.2, 0.25) is 0 Å². The molecule has 1 N–H and O–H groups in total. The first-order chi connectivity index (χ1) is 7.68. The van der Waals surface area contributed by atoms with Crippen molar-refractivity contribution in [3.05, 3.63) is 35.2 Å². The Kier molecular flexibility index (Phi) is 3.16. The summed E-state index contributed by atoms with van der Waals surface area (Å²) in [6, 6.07) is 1.13. The number of carboxylic acids is 1. The summed E-state index contributed by atoms with van der Waals surface area (Å²) in [6.45, 7) is 0. The molecule has 0 aliphatic heterocycles. The quantitative estimate of drug-likeness (QED) is 0.914. The van der Waals surface area contributed by atoms with Gasteiger partial charge in [0.15, 0.2) is 10.2 Å². The lowest BCUT2D eigenvalue weighted by Gasteiger charge is -2.01. The monoisotopic (exact) mass is 256 g/mol. The Morgan fingerprint density at radius 3 is 2.88 bits per heavy atom. The molecule has 0 unspecified atom stereocenters. The lowest BCUT2D eigenvalue weighted by atomic mass is 10.3. The van der Waals surface area contributed by atoms with Gasteiger partial charge in [-0.1, -0.05) is 0 Å². The molecule has 0 fully saturated rings. The Morgan fingerprint density at radius 2 is 2.25 bits per heavy atom. The molecule has 0 atom stereocenters. The van der Waals surface area contributed by atoms with Crippen LogP contribution < -0.4 is 0 Å². The van der Waals surface area contributed by atoms with Crippen molar-refractivity contribution >= 4 is 29.1 Å². The molecule has 0 saturated carbocycles. The number of aromatic nitrogens is 2. The lowest BCUT2D eigenvalue weighted by molar-refractivity contribution is 0.0691. The van der Waals surface area contributed by atoms with Crippen molar-refractivity contribution in [1.82, 2.24) is 9.97 Å². The van der Waals surface area contributed by atoms with Crippen molar-refractivity contribution in [3.63, 3.8) is 0 Å². The van der Waals surface area contributed by atoms with Crippen LogP contribution in [0, 0.1) is 5.82 Å². The number of thiazole rings is 1. The van der Waals surface area contributed by atoms with E-state index in [1.54, 1.807) is 11.6 Å². The SMILES string of the molecule is O=C(O)c1ccnc(Sc2nccs2)c1F. The van der Waals surface area contributed by atoms with E-state index in [9.17, 15) is 9.18 Å². The van der Waals surface area contributed by atoms with Crippen LogP contribution in [0.3, 0.4) is 0 Å². The number of aromatic carboxylic acids is 1. The van der Waals surface area contributed by atoms with Crippen molar-refractivity contribution in [1.29, 1.82) is 0 Å². The van der Waals surface area contributed by atoms with Gasteiger partial charge in [-0.3, -0.25) is 0 Å². The zero-order valence-corrected chi connectivity index (χ0v) is 9.39. The molecule has 0 amide bonds. The highest BCUT2D eigenvalue weighted by Crippen LogP contribution is 2.30. The van der Waals surface area contributed by atoms with Crippen LogP contribution in [-0.2, 0) is 0 Å². The first-order valence-corrected chi connectivity index (χ1v) is 5.83. The van der Waals surface area contributed by atoms with E-state index >= 15 is 0 Å². The Hall–Kier alpha value is -1.47. The fourth-order valence-electron chi connectivity index (χ4n) is 1.00. The van der Waals surface area contributed by atoms with Gasteiger partial charge in [-0.2, -0.15) is 0 Å². The number of rotatable bonds is 3. The summed E-state index contributed by atoms with van der Waals surface area (Å²) in [5, 5.41) is 10.5. The minimum absolute atomic E-state index is 0.0230. The summed E-state index contributed by atoms with van der Waals surface area (Å²) in [5.74, 6) is -2.13. The van der Waals surface area contributed by atoms with Gasteiger partial charge in [0.1, 0.15) is 5.03 Å². The van der Waals surface area contributed by atoms with Gasteiger partial charge in [0, 0.05) is 17.8 Å². The topological polar surface area (TPSA) is 63.1 Å². The lowest BCUT2D eigenvalue weighted by Crippen LogP contribution is -2.02. The summed E-state index contributed by atoms with van der Waals surface area (Å²) >= 11 is 2.35. The van der Waals surface area contributed by atoms with E-state index in [0.29, 0.717) is 4.34 Å². The summed E-state index contributed by atoms with van der Waals surface area (Å²) in [4.78, 5) is 18.4. The van der Waals surface area contributed by atoms with Crippen molar-refractivity contribution < 1.29 is 14.3 Å². The Bertz CT molecular complexity index is 516. The Balaban J connectivity index is 2.35. The van der Waals surface area contributed by atoms with Crippen LogP contribution in [0.25, 0.3) is 0 Å². The van der Waals surface area contributed by atoms with Gasteiger partial charge >= 0.3 is 5.97 Å². The standard InChI is InChI=1S/C9H5FN2O2S2/c10-6-5(8(13)14)1-2-11-7(6)16-9-12-3-4-15-9/h1-4H,(H,13,14). The van der Waals surface area contributed by atoms with Crippen LogP contribution in [0.1, 0.15) is 10.4 Å². The molecule has 82 valence electrons. The van der Waals surface area contributed by atoms with Gasteiger partial charge in [0.05, 0.1) is 5.56 Å². The second-order valence-electron chi connectivity index (χ2n) is 2.68. The molecular weight excluding hydrogens is 251 g/mol. The molecule has 2 rings (SSSR count). The predicted octanol–water partition coefficient (Wildman–Crippen LogP) is 2.53. The van der Waals surface area contributed by atoms with Gasteiger partial charge in [-0.15, -0.1) is 11.3 Å². The smallest absolute Gasteiger partial charge is 0.338 e. The molecule has 0 aliphatic carbocycles. The highest BCUT2D eigenvalue weighted by atomic mass is 32.2. The number of carboxylic acid groups (broad SMARTS) is 1. The second kappa shape index (κ2) is 4.58. The predicted molar refractivity (Wildman–Crippen MR) is 57.4 cm³/mol. The van der Waals surface area contributed by atoms with Crippen LogP contribution in [0.5, 0.6) is 0 Å². The molecule has 0 spiro atoms. The summed E-state index contributed by atoms with van der Waals surface area (Å²) in [6.07, 6.45) is 2.86. The van der Waals surface area contributed by atoms with Crippen LogP contribution in [-0.4, -0.2) is 21.0 Å². The van der Waals surface area contributed by atoms with Crippen molar-refractivity contribution in [2.24, 2.45) is 0 Å². The molecule has 0 aromatic carbocycles. The molecule has 16 heavy (non-hydrogen) atoms. The first-order valence-electron chi connectivity index (χ1n) is 4.13. The van der Waals surface area contributed by atoms with Crippen molar-refractivity contribution in [2.45, 2.75) is 9.37 Å². The minimum atomic E-state index is -1.30. The van der Waals surface area contributed by atoms with E-state index in [1.807, 2.05) is 0 Å². The Morgan fingerprint density at radius 1 is 1.44 bits per heavy atom. The van der Waals surface area contributed by atoms with E-state index in [-0.39, 0.29) is 10.6 Å². The Labute approximate surface area is 98.2 Å². The van der Waals surface area contributed by atoms with Gasteiger partial charge in [-0.05, 0) is 17.8 Å². The maximum Gasteiger partial charge on any atom is 0.338 e. The van der Waals surface area contributed by atoms with E-state index in [0.717, 1.165) is 17.8 Å². The van der Waals surface area contributed by atoms with E-state index in [4.69, 9.17) is 5.11 Å². The number of halogens is 1. The molecule has 0 aliphatic rings. The summed E-state index contributed by atoms with van der Waals surface area (Å²) in [5.41, 5.74) is -0.381. The number of hydrogen-bond acceptors (Lipinski definition) is 5. The highest BCUT2D eigenvalue weighted by Gasteiger charge is 2.16. The van der Waals surface area contributed by atoms with Gasteiger partial charge in [0.25, 0.3) is 0 Å². The normalized spacial score (nSPS) is 10.3. The van der Waals surface area contributed by atoms with Crippen LogP contribution in [0.4, 0.5) is 4.39 Å². The van der Waals surface area contributed by atoms with Crippen molar-refractivity contribution in [2.75, 3.05) is 0 Å². The molecule has 0 bridgehead atoms. The third-order valence-corrected chi connectivity index (χ3v) is 3.54. The summed E-state index contributed by atoms with van der Waals surface area (Å²) < 4.78 is 14.2. The van der Waals surface area contributed by atoms with E-state index in [1.165, 1.54) is 17.5 Å². The zero-order chi connectivity index (χ0) is 11.5. The number of nitrogens with zero attached hydrogens (tertiary/aromatic N) is 2. The fraction of sp³-hybridized carbons (Fsp3) is 0. The molecular formula is C9H5FN2O2S2. The minimum Gasteiger partial charge on any atom is -0.478 e. The largest absolute Gasteiger partial charge is 0.478 e. The molecule has 2 aromatic heterocycles. The fourth-order valence-corrected chi connectivity index (χ4v) is 2.55.